The van der Waals surface area contributed by atoms with Crippen LogP contribution in [-0.4, -0.2) is 44.5 Å². The highest BCUT2D eigenvalue weighted by Crippen LogP contribution is 2.11. The molecule has 1 amide bonds. The zero-order valence-electron chi connectivity index (χ0n) is 13.7. The summed E-state index contributed by atoms with van der Waals surface area (Å²) in [6, 6.07) is 7.34. The fourth-order valence-corrected chi connectivity index (χ4v) is 3.07. The van der Waals surface area contributed by atoms with Crippen LogP contribution in [0.2, 0.25) is 5.02 Å². The molecule has 0 bridgehead atoms. The number of unbranched alkanes of at least 4 members (excludes halogenated alkanes) is 1. The van der Waals surface area contributed by atoms with Crippen LogP contribution in [0.4, 0.5) is 0 Å². The van der Waals surface area contributed by atoms with E-state index in [1.165, 1.54) is 10.6 Å². The summed E-state index contributed by atoms with van der Waals surface area (Å²) in [4.78, 5) is 11.6. The fourth-order valence-electron chi connectivity index (χ4n) is 2.09. The molecule has 1 aromatic rings. The van der Waals surface area contributed by atoms with E-state index in [0.29, 0.717) is 31.0 Å². The molecule has 130 valence electrons. The molecule has 5 nitrogen and oxygen atoms in total. The van der Waals surface area contributed by atoms with Gasteiger partial charge in [0, 0.05) is 31.1 Å². The van der Waals surface area contributed by atoms with Gasteiger partial charge in [0.1, 0.15) is 0 Å². The zero-order chi connectivity index (χ0) is 17.3. The average Bonchev–Trinajstić information content (AvgIpc) is 2.49. The van der Waals surface area contributed by atoms with E-state index in [4.69, 9.17) is 11.6 Å². The second-order valence-corrected chi connectivity index (χ2v) is 7.91. The first-order valence-electron chi connectivity index (χ1n) is 7.79. The molecular formula is C16H25ClN2O3S. The van der Waals surface area contributed by atoms with Gasteiger partial charge in [-0.15, -0.1) is 0 Å². The van der Waals surface area contributed by atoms with Gasteiger partial charge in [0.15, 0.2) is 0 Å². The van der Waals surface area contributed by atoms with Crippen molar-refractivity contribution in [1.82, 2.24) is 9.62 Å². The third-order valence-corrected chi connectivity index (χ3v) is 5.03. The fraction of sp³-hybridized carbons (Fsp3) is 0.562. The molecule has 0 aliphatic heterocycles. The van der Waals surface area contributed by atoms with Crippen molar-refractivity contribution in [3.05, 3.63) is 34.9 Å². The molecule has 1 rings (SSSR count). The molecule has 0 heterocycles. The lowest BCUT2D eigenvalue weighted by atomic mass is 10.1. The molecule has 0 saturated carbocycles. The maximum Gasteiger partial charge on any atom is 0.220 e. The molecule has 0 spiro atoms. The van der Waals surface area contributed by atoms with Gasteiger partial charge in [0.25, 0.3) is 0 Å². The van der Waals surface area contributed by atoms with Crippen molar-refractivity contribution in [1.29, 1.82) is 0 Å². The van der Waals surface area contributed by atoms with Crippen molar-refractivity contribution in [2.75, 3.05) is 25.9 Å². The van der Waals surface area contributed by atoms with Gasteiger partial charge in [-0.05, 0) is 30.5 Å². The molecule has 0 aliphatic rings. The van der Waals surface area contributed by atoms with E-state index >= 15 is 0 Å². The van der Waals surface area contributed by atoms with Crippen LogP contribution in [0, 0.1) is 0 Å². The van der Waals surface area contributed by atoms with E-state index < -0.39 is 10.0 Å². The summed E-state index contributed by atoms with van der Waals surface area (Å²) in [6.07, 6.45) is 4.09. The largest absolute Gasteiger partial charge is 0.355 e. The Morgan fingerprint density at radius 1 is 1.22 bits per heavy atom. The average molecular weight is 361 g/mol. The summed E-state index contributed by atoms with van der Waals surface area (Å²) >= 11 is 5.83. The van der Waals surface area contributed by atoms with E-state index in [1.807, 2.05) is 19.1 Å². The summed E-state index contributed by atoms with van der Waals surface area (Å²) in [6.45, 7) is 3.02. The number of hydrogen-bond acceptors (Lipinski definition) is 3. The molecule has 0 atom stereocenters. The summed E-state index contributed by atoms with van der Waals surface area (Å²) in [7, 11) is -3.30. The van der Waals surface area contributed by atoms with Crippen molar-refractivity contribution < 1.29 is 13.2 Å². The van der Waals surface area contributed by atoms with Crippen molar-refractivity contribution in [2.45, 2.75) is 32.6 Å². The van der Waals surface area contributed by atoms with Gasteiger partial charge >= 0.3 is 0 Å². The predicted octanol–water partition coefficient (Wildman–Crippen LogP) is 2.45. The molecule has 0 aromatic heterocycles. The number of carbonyl (C=O) groups is 1. The molecule has 1 aromatic carbocycles. The van der Waals surface area contributed by atoms with Crippen LogP contribution >= 0.6 is 11.6 Å². The number of amides is 1. The minimum atomic E-state index is -3.30. The Labute approximate surface area is 144 Å². The monoisotopic (exact) mass is 360 g/mol. The van der Waals surface area contributed by atoms with Gasteiger partial charge in [0.05, 0.1) is 6.26 Å². The number of nitrogens with zero attached hydrogens (tertiary/aromatic N) is 1. The summed E-state index contributed by atoms with van der Waals surface area (Å²) < 4.78 is 25.1. The van der Waals surface area contributed by atoms with Crippen molar-refractivity contribution in [3.63, 3.8) is 0 Å². The number of hydrogen-bond donors (Lipinski definition) is 1. The molecule has 0 fully saturated rings. The Bertz CT molecular complexity index is 588. The van der Waals surface area contributed by atoms with Crippen molar-refractivity contribution in [2.24, 2.45) is 0 Å². The van der Waals surface area contributed by atoms with Gasteiger partial charge in [-0.3, -0.25) is 4.79 Å². The van der Waals surface area contributed by atoms with Crippen LogP contribution in [0.25, 0.3) is 0 Å². The van der Waals surface area contributed by atoms with Crippen LogP contribution in [-0.2, 0) is 21.2 Å². The lowest BCUT2D eigenvalue weighted by molar-refractivity contribution is -0.121. The maximum atomic E-state index is 11.8. The van der Waals surface area contributed by atoms with Gasteiger partial charge in [-0.1, -0.05) is 37.1 Å². The summed E-state index contributed by atoms with van der Waals surface area (Å²) in [5.41, 5.74) is 1.02. The molecule has 0 aliphatic carbocycles. The molecule has 1 N–H and O–H groups in total. The summed E-state index contributed by atoms with van der Waals surface area (Å²) in [5.74, 6) is -0.0296. The van der Waals surface area contributed by atoms with Gasteiger partial charge in [-0.2, -0.15) is 0 Å². The minimum Gasteiger partial charge on any atom is -0.355 e. The Balaban J connectivity index is 2.47. The molecule has 0 radical (unpaired) electrons. The highest BCUT2D eigenvalue weighted by Gasteiger charge is 2.16. The normalized spacial score (nSPS) is 11.7. The second kappa shape index (κ2) is 9.90. The van der Waals surface area contributed by atoms with E-state index in [0.717, 1.165) is 18.4 Å². The summed E-state index contributed by atoms with van der Waals surface area (Å²) in [5, 5.41) is 3.42. The van der Waals surface area contributed by atoms with Gasteiger partial charge < -0.3 is 5.32 Å². The number of rotatable bonds is 10. The Kier molecular flexibility index (Phi) is 8.58. The third-order valence-electron chi connectivity index (χ3n) is 3.47. The van der Waals surface area contributed by atoms with E-state index in [-0.39, 0.29) is 12.5 Å². The standard InChI is InChI=1S/C16H25ClN2O3S/c1-3-4-5-16(20)18-11-13-19(23(2,21)22)12-10-14-6-8-15(17)9-7-14/h6-9H,3-5,10-13H2,1-2H3,(H,18,20). The first-order chi connectivity index (χ1) is 10.8. The Morgan fingerprint density at radius 3 is 2.43 bits per heavy atom. The van der Waals surface area contributed by atoms with Crippen LogP contribution < -0.4 is 5.32 Å². The van der Waals surface area contributed by atoms with Crippen molar-refractivity contribution >= 4 is 27.5 Å². The number of nitrogens with one attached hydrogen (secondary N) is 1. The lowest BCUT2D eigenvalue weighted by Gasteiger charge is -2.20. The number of carbonyl (C=O) groups excluding carboxylic acids is 1. The number of halogens is 1. The topological polar surface area (TPSA) is 66.5 Å². The van der Waals surface area contributed by atoms with E-state index in [1.54, 1.807) is 12.1 Å². The van der Waals surface area contributed by atoms with E-state index in [9.17, 15) is 13.2 Å². The highest BCUT2D eigenvalue weighted by molar-refractivity contribution is 7.88. The number of sulfonamides is 1. The Morgan fingerprint density at radius 2 is 1.87 bits per heavy atom. The Hall–Kier alpha value is -1.11. The van der Waals surface area contributed by atoms with Gasteiger partial charge in [-0.25, -0.2) is 12.7 Å². The lowest BCUT2D eigenvalue weighted by Crippen LogP contribution is -2.39. The molecule has 7 heteroatoms. The smallest absolute Gasteiger partial charge is 0.220 e. The van der Waals surface area contributed by atoms with Crippen molar-refractivity contribution in [3.8, 4) is 0 Å². The van der Waals surface area contributed by atoms with Crippen LogP contribution in [0.5, 0.6) is 0 Å². The second-order valence-electron chi connectivity index (χ2n) is 5.49. The van der Waals surface area contributed by atoms with Crippen LogP contribution in [0.15, 0.2) is 24.3 Å². The van der Waals surface area contributed by atoms with Crippen LogP contribution in [0.3, 0.4) is 0 Å². The highest BCUT2D eigenvalue weighted by atomic mass is 35.5. The minimum absolute atomic E-state index is 0.0296. The quantitative estimate of drug-likeness (QED) is 0.697. The SMILES string of the molecule is CCCCC(=O)NCCN(CCc1ccc(Cl)cc1)S(C)(=O)=O. The first-order valence-corrected chi connectivity index (χ1v) is 10.0. The first kappa shape index (κ1) is 19.9. The molecular weight excluding hydrogens is 336 g/mol. The predicted molar refractivity (Wildman–Crippen MR) is 94.1 cm³/mol. The maximum absolute atomic E-state index is 11.8. The molecule has 23 heavy (non-hydrogen) atoms. The molecule has 0 unspecified atom stereocenters. The van der Waals surface area contributed by atoms with Gasteiger partial charge in [0.2, 0.25) is 15.9 Å². The molecule has 0 saturated heterocycles. The van der Waals surface area contributed by atoms with E-state index in [2.05, 4.69) is 5.32 Å². The zero-order valence-corrected chi connectivity index (χ0v) is 15.3. The third kappa shape index (κ3) is 8.34. The van der Waals surface area contributed by atoms with Crippen LogP contribution in [0.1, 0.15) is 31.7 Å². The number of benzene rings is 1.